The van der Waals surface area contributed by atoms with E-state index in [-0.39, 0.29) is 0 Å². The topological polar surface area (TPSA) is 53.5 Å². The maximum atomic E-state index is 12.4. The highest BCUT2D eigenvalue weighted by molar-refractivity contribution is 7.89. The van der Waals surface area contributed by atoms with Crippen molar-refractivity contribution in [3.63, 3.8) is 0 Å². The van der Waals surface area contributed by atoms with Crippen molar-refractivity contribution < 1.29 is 8.42 Å². The molecular formula is C13H21N3O2S. The molecule has 0 aliphatic carbocycles. The average molecular weight is 283 g/mol. The minimum absolute atomic E-state index is 0.291. The first-order chi connectivity index (χ1) is 9.04. The van der Waals surface area contributed by atoms with Crippen LogP contribution in [0.3, 0.4) is 0 Å². The van der Waals surface area contributed by atoms with Crippen molar-refractivity contribution in [1.82, 2.24) is 14.2 Å². The molecule has 0 aromatic carbocycles. The molecule has 2 heterocycles. The van der Waals surface area contributed by atoms with Crippen molar-refractivity contribution in [2.45, 2.75) is 18.2 Å². The van der Waals surface area contributed by atoms with Gasteiger partial charge in [0.15, 0.2) is 0 Å². The summed E-state index contributed by atoms with van der Waals surface area (Å²) in [4.78, 5) is 6.41. The molecule has 2 rings (SSSR count). The van der Waals surface area contributed by atoms with E-state index in [0.717, 1.165) is 19.5 Å². The predicted octanol–water partition coefficient (Wildman–Crippen LogP) is 1.04. The SMILES string of the molecule is CCN(C)C[C@H]1CCN(S(=O)(=O)c2cccnc2)C1. The highest BCUT2D eigenvalue weighted by atomic mass is 32.2. The van der Waals surface area contributed by atoms with Crippen LogP contribution in [0.25, 0.3) is 0 Å². The van der Waals surface area contributed by atoms with E-state index in [1.165, 1.54) is 6.20 Å². The first-order valence-electron chi connectivity index (χ1n) is 6.62. The van der Waals surface area contributed by atoms with Gasteiger partial charge in [0.1, 0.15) is 4.90 Å². The number of pyridine rings is 1. The van der Waals surface area contributed by atoms with E-state index >= 15 is 0 Å². The highest BCUT2D eigenvalue weighted by Crippen LogP contribution is 2.24. The van der Waals surface area contributed by atoms with Crippen molar-refractivity contribution in [2.24, 2.45) is 5.92 Å². The Kier molecular flexibility index (Phi) is 4.54. The summed E-state index contributed by atoms with van der Waals surface area (Å²) in [5, 5.41) is 0. The molecule has 1 aliphatic rings. The second-order valence-corrected chi connectivity index (χ2v) is 7.00. The van der Waals surface area contributed by atoms with Crippen molar-refractivity contribution in [2.75, 3.05) is 33.2 Å². The van der Waals surface area contributed by atoms with Crippen LogP contribution in [0.15, 0.2) is 29.4 Å². The summed E-state index contributed by atoms with van der Waals surface area (Å²) in [6.07, 6.45) is 3.94. The Bertz CT molecular complexity index is 504. The maximum absolute atomic E-state index is 12.4. The maximum Gasteiger partial charge on any atom is 0.244 e. The fourth-order valence-electron chi connectivity index (χ4n) is 2.38. The van der Waals surface area contributed by atoms with Gasteiger partial charge in [0.25, 0.3) is 0 Å². The van der Waals surface area contributed by atoms with Gasteiger partial charge in [0, 0.05) is 32.0 Å². The molecule has 106 valence electrons. The second kappa shape index (κ2) is 5.98. The van der Waals surface area contributed by atoms with E-state index in [2.05, 4.69) is 23.9 Å². The Morgan fingerprint density at radius 2 is 2.32 bits per heavy atom. The molecular weight excluding hydrogens is 262 g/mol. The summed E-state index contributed by atoms with van der Waals surface area (Å²) in [6, 6.07) is 3.26. The molecule has 6 heteroatoms. The molecule has 0 bridgehead atoms. The highest BCUT2D eigenvalue weighted by Gasteiger charge is 2.32. The van der Waals surface area contributed by atoms with Crippen LogP contribution in [0, 0.1) is 5.92 Å². The molecule has 0 amide bonds. The van der Waals surface area contributed by atoms with Crippen LogP contribution in [-0.4, -0.2) is 55.8 Å². The fourth-order valence-corrected chi connectivity index (χ4v) is 3.88. The third kappa shape index (κ3) is 3.32. The van der Waals surface area contributed by atoms with E-state index in [0.29, 0.717) is 23.9 Å². The van der Waals surface area contributed by atoms with Gasteiger partial charge in [-0.05, 0) is 38.1 Å². The van der Waals surface area contributed by atoms with E-state index in [1.54, 1.807) is 22.6 Å². The average Bonchev–Trinajstić information content (AvgIpc) is 2.89. The standard InChI is InChI=1S/C13H21N3O2S/c1-3-15(2)10-12-6-8-16(11-12)19(17,18)13-5-4-7-14-9-13/h4-5,7,9,12H,3,6,8,10-11H2,1-2H3/t12-/m1/s1. The van der Waals surface area contributed by atoms with Crippen molar-refractivity contribution in [3.8, 4) is 0 Å². The summed E-state index contributed by atoms with van der Waals surface area (Å²) in [5.74, 6) is 0.427. The number of hydrogen-bond donors (Lipinski definition) is 0. The van der Waals surface area contributed by atoms with Crippen molar-refractivity contribution in [1.29, 1.82) is 0 Å². The van der Waals surface area contributed by atoms with Crippen LogP contribution < -0.4 is 0 Å². The predicted molar refractivity (Wildman–Crippen MR) is 74.3 cm³/mol. The summed E-state index contributed by atoms with van der Waals surface area (Å²) < 4.78 is 26.4. The van der Waals surface area contributed by atoms with Crippen LogP contribution in [0.4, 0.5) is 0 Å². The van der Waals surface area contributed by atoms with Crippen molar-refractivity contribution in [3.05, 3.63) is 24.5 Å². The third-order valence-corrected chi connectivity index (χ3v) is 5.48. The van der Waals surface area contributed by atoms with Gasteiger partial charge in [0.05, 0.1) is 0 Å². The molecule has 1 aromatic rings. The molecule has 0 N–H and O–H groups in total. The lowest BCUT2D eigenvalue weighted by molar-refractivity contribution is 0.293. The van der Waals surface area contributed by atoms with E-state index < -0.39 is 10.0 Å². The Labute approximate surface area is 115 Å². The van der Waals surface area contributed by atoms with Gasteiger partial charge in [-0.2, -0.15) is 4.31 Å². The van der Waals surface area contributed by atoms with Gasteiger partial charge in [-0.15, -0.1) is 0 Å². The monoisotopic (exact) mass is 283 g/mol. The van der Waals surface area contributed by atoms with Gasteiger partial charge in [0.2, 0.25) is 10.0 Å². The normalized spacial score (nSPS) is 21.1. The summed E-state index contributed by atoms with van der Waals surface area (Å²) >= 11 is 0. The molecule has 0 spiro atoms. The summed E-state index contributed by atoms with van der Waals surface area (Å²) in [6.45, 7) is 5.28. The van der Waals surface area contributed by atoms with Crippen LogP contribution in [0.5, 0.6) is 0 Å². The molecule has 0 radical (unpaired) electrons. The van der Waals surface area contributed by atoms with Crippen molar-refractivity contribution >= 4 is 10.0 Å². The van der Waals surface area contributed by atoms with Gasteiger partial charge >= 0.3 is 0 Å². The molecule has 1 atom stereocenters. The first kappa shape index (κ1) is 14.4. The quantitative estimate of drug-likeness (QED) is 0.810. The van der Waals surface area contributed by atoms with Crippen LogP contribution >= 0.6 is 0 Å². The fraction of sp³-hybridized carbons (Fsp3) is 0.615. The smallest absolute Gasteiger partial charge is 0.244 e. The minimum Gasteiger partial charge on any atom is -0.306 e. The lowest BCUT2D eigenvalue weighted by atomic mass is 10.1. The third-order valence-electron chi connectivity index (χ3n) is 3.63. The number of nitrogens with zero attached hydrogens (tertiary/aromatic N) is 3. The molecule has 0 unspecified atom stereocenters. The summed E-state index contributed by atoms with van der Waals surface area (Å²) in [5.41, 5.74) is 0. The van der Waals surface area contributed by atoms with Gasteiger partial charge in [-0.3, -0.25) is 4.98 Å². The van der Waals surface area contributed by atoms with Gasteiger partial charge in [-0.1, -0.05) is 6.92 Å². The number of hydrogen-bond acceptors (Lipinski definition) is 4. The Morgan fingerprint density at radius 3 is 2.95 bits per heavy atom. The lowest BCUT2D eigenvalue weighted by Gasteiger charge is -2.20. The zero-order valence-corrected chi connectivity index (χ0v) is 12.3. The van der Waals surface area contributed by atoms with E-state index in [1.807, 2.05) is 0 Å². The first-order valence-corrected chi connectivity index (χ1v) is 8.06. The molecule has 5 nitrogen and oxygen atoms in total. The Morgan fingerprint density at radius 1 is 1.53 bits per heavy atom. The molecule has 19 heavy (non-hydrogen) atoms. The van der Waals surface area contributed by atoms with Crippen LogP contribution in [0.1, 0.15) is 13.3 Å². The van der Waals surface area contributed by atoms with Crippen LogP contribution in [-0.2, 0) is 10.0 Å². The molecule has 1 aromatic heterocycles. The Balaban J connectivity index is 2.04. The largest absolute Gasteiger partial charge is 0.306 e. The lowest BCUT2D eigenvalue weighted by Crippen LogP contribution is -2.31. The summed E-state index contributed by atoms with van der Waals surface area (Å²) in [7, 11) is -1.29. The zero-order chi connectivity index (χ0) is 13.9. The molecule has 1 fully saturated rings. The molecule has 0 saturated carbocycles. The van der Waals surface area contributed by atoms with Gasteiger partial charge in [-0.25, -0.2) is 8.42 Å². The number of rotatable bonds is 5. The second-order valence-electron chi connectivity index (χ2n) is 5.06. The Hall–Kier alpha value is -0.980. The van der Waals surface area contributed by atoms with Crippen LogP contribution in [0.2, 0.25) is 0 Å². The molecule has 1 saturated heterocycles. The number of aromatic nitrogens is 1. The number of sulfonamides is 1. The van der Waals surface area contributed by atoms with E-state index in [4.69, 9.17) is 0 Å². The minimum atomic E-state index is -3.36. The molecule has 1 aliphatic heterocycles. The van der Waals surface area contributed by atoms with E-state index in [9.17, 15) is 8.42 Å². The van der Waals surface area contributed by atoms with Gasteiger partial charge < -0.3 is 4.90 Å². The zero-order valence-electron chi connectivity index (χ0n) is 11.5.